The Morgan fingerprint density at radius 1 is 0.714 bits per heavy atom. The maximum absolute atomic E-state index is 6.30. The number of hydrogen-bond acceptors (Lipinski definition) is 3. The molecule has 0 amide bonds. The molecule has 3 heterocycles. The van der Waals surface area contributed by atoms with Crippen molar-refractivity contribution in [3.8, 4) is 28.3 Å². The van der Waals surface area contributed by atoms with E-state index in [-0.39, 0.29) is 25.5 Å². The molecule has 0 saturated heterocycles. The number of para-hydroxylation sites is 3. The summed E-state index contributed by atoms with van der Waals surface area (Å²) in [6.07, 6.45) is 2.02. The Bertz CT molecular complexity index is 2340. The Morgan fingerprint density at radius 3 is 2.14 bits per heavy atom. The molecule has 6 heteroatoms. The van der Waals surface area contributed by atoms with E-state index < -0.39 is 8.07 Å². The number of hydrogen-bond donors (Lipinski definition) is 0. The fraction of sp³-hybridized carbons (Fsp3) is 0.163. The molecule has 0 unspecified atom stereocenters. The van der Waals surface area contributed by atoms with Crippen LogP contribution in [-0.2, 0) is 25.5 Å². The summed E-state index contributed by atoms with van der Waals surface area (Å²) < 4.78 is 8.51. The first-order valence-electron chi connectivity index (χ1n) is 16.4. The summed E-state index contributed by atoms with van der Waals surface area (Å²) in [6, 6.07) is 48.0. The topological polar surface area (TPSA) is 43.9 Å². The van der Waals surface area contributed by atoms with Crippen molar-refractivity contribution in [1.29, 1.82) is 0 Å². The van der Waals surface area contributed by atoms with Crippen LogP contribution in [0.3, 0.4) is 0 Å². The van der Waals surface area contributed by atoms with Gasteiger partial charge in [-0.3, -0.25) is 4.98 Å². The summed E-state index contributed by atoms with van der Waals surface area (Å²) >= 11 is 0. The zero-order chi connectivity index (χ0) is 33.5. The van der Waals surface area contributed by atoms with Gasteiger partial charge in [-0.25, -0.2) is 0 Å². The Hall–Kier alpha value is -4.61. The molecule has 247 valence electrons. The molecule has 49 heavy (non-hydrogen) atoms. The predicted octanol–water partition coefficient (Wildman–Crippen LogP) is 10.8. The first kappa shape index (κ1) is 34.3. The van der Waals surface area contributed by atoms with Gasteiger partial charge in [-0.15, -0.1) is 54.1 Å². The van der Waals surface area contributed by atoms with Gasteiger partial charge in [0.05, 0.1) is 30.5 Å². The second kappa shape index (κ2) is 13.7. The van der Waals surface area contributed by atoms with Crippen molar-refractivity contribution < 1.29 is 24.5 Å². The standard InChI is InChI=1S/C29H23N2O.C14H16NSi.Ir/c1-29(2,3)19-15-17-20(18-16-19)31-25-13-6-5-12-24(25)30-28(31)23-11-8-10-22-21-9-4-7-14-26(21)32-27(22)23;1-16(2,3)13-9-10-14(15-11-13)12-7-5-4-6-8-12;/h4-10,12-18H,1-3H3;4-7,9-11H,1-3H3;/q2*-1;. The fourth-order valence-electron chi connectivity index (χ4n) is 5.97. The van der Waals surface area contributed by atoms with Gasteiger partial charge in [0.15, 0.2) is 0 Å². The first-order chi connectivity index (χ1) is 23.1. The number of imidazole rings is 1. The van der Waals surface area contributed by atoms with Crippen LogP contribution in [0.15, 0.2) is 132 Å². The Labute approximate surface area is 303 Å². The third kappa shape index (κ3) is 6.95. The number of rotatable bonds is 4. The van der Waals surface area contributed by atoms with E-state index in [2.05, 4.69) is 129 Å². The molecule has 0 aliphatic heterocycles. The normalized spacial score (nSPS) is 11.7. The van der Waals surface area contributed by atoms with Crippen LogP contribution in [0.2, 0.25) is 19.6 Å². The Balaban J connectivity index is 0.000000208. The van der Waals surface area contributed by atoms with E-state index in [1.807, 2.05) is 60.8 Å². The van der Waals surface area contributed by atoms with Crippen molar-refractivity contribution in [1.82, 2.24) is 14.5 Å². The summed E-state index contributed by atoms with van der Waals surface area (Å²) in [7, 11) is -1.23. The Morgan fingerprint density at radius 2 is 1.45 bits per heavy atom. The van der Waals surface area contributed by atoms with Gasteiger partial charge in [0, 0.05) is 37.4 Å². The SMILES string of the molecule is CC(C)(C)c1ccc(-n2c(-c3[c-]ccc4c3oc3ccccc34)nc3ccccc32)cc1.C[Si](C)(C)c1ccc(-c2[c-]cccc2)nc1.[Ir]. The molecule has 5 aromatic carbocycles. The molecule has 8 aromatic rings. The summed E-state index contributed by atoms with van der Waals surface area (Å²) in [4.78, 5) is 9.54. The van der Waals surface area contributed by atoms with Crippen LogP contribution in [0, 0.1) is 12.1 Å². The van der Waals surface area contributed by atoms with Crippen molar-refractivity contribution in [2.45, 2.75) is 45.8 Å². The zero-order valence-corrected chi connectivity index (χ0v) is 32.1. The van der Waals surface area contributed by atoms with Crippen molar-refractivity contribution in [3.63, 3.8) is 0 Å². The van der Waals surface area contributed by atoms with Crippen molar-refractivity contribution in [2.75, 3.05) is 0 Å². The average Bonchev–Trinajstić information content (AvgIpc) is 3.67. The third-order valence-corrected chi connectivity index (χ3v) is 10.8. The monoisotopic (exact) mass is 834 g/mol. The van der Waals surface area contributed by atoms with Crippen LogP contribution in [0.5, 0.6) is 0 Å². The molecule has 8 rings (SSSR count). The van der Waals surface area contributed by atoms with Crippen LogP contribution < -0.4 is 5.19 Å². The van der Waals surface area contributed by atoms with Gasteiger partial charge in [-0.1, -0.05) is 106 Å². The predicted molar refractivity (Wildman–Crippen MR) is 203 cm³/mol. The van der Waals surface area contributed by atoms with Gasteiger partial charge >= 0.3 is 0 Å². The van der Waals surface area contributed by atoms with E-state index in [0.29, 0.717) is 0 Å². The van der Waals surface area contributed by atoms with Gasteiger partial charge in [-0.2, -0.15) is 0 Å². The second-order valence-corrected chi connectivity index (χ2v) is 19.3. The molecule has 0 fully saturated rings. The molecular weight excluding hydrogens is 795 g/mol. The first-order valence-corrected chi connectivity index (χ1v) is 19.9. The maximum atomic E-state index is 6.30. The largest absolute Gasteiger partial charge is 0.501 e. The van der Waals surface area contributed by atoms with E-state index in [1.54, 1.807) is 0 Å². The van der Waals surface area contributed by atoms with Crippen molar-refractivity contribution in [3.05, 3.63) is 145 Å². The van der Waals surface area contributed by atoms with Gasteiger partial charge < -0.3 is 14.0 Å². The van der Waals surface area contributed by atoms with Crippen LogP contribution >= 0.6 is 0 Å². The van der Waals surface area contributed by atoms with E-state index in [0.717, 1.165) is 61.3 Å². The minimum atomic E-state index is -1.23. The molecule has 0 aliphatic carbocycles. The van der Waals surface area contributed by atoms with Gasteiger partial charge in [0.2, 0.25) is 0 Å². The molecule has 1 radical (unpaired) electrons. The van der Waals surface area contributed by atoms with Crippen molar-refractivity contribution >= 4 is 46.2 Å². The molecule has 0 aliphatic rings. The van der Waals surface area contributed by atoms with E-state index in [9.17, 15) is 0 Å². The molecule has 0 spiro atoms. The van der Waals surface area contributed by atoms with E-state index in [1.165, 1.54) is 10.8 Å². The molecule has 0 N–H and O–H groups in total. The molecule has 4 nitrogen and oxygen atoms in total. The molecule has 3 aromatic heterocycles. The number of furan rings is 1. The second-order valence-electron chi connectivity index (χ2n) is 14.2. The van der Waals surface area contributed by atoms with Crippen LogP contribution in [0.25, 0.3) is 61.3 Å². The van der Waals surface area contributed by atoms with Crippen LogP contribution in [0.1, 0.15) is 26.3 Å². The number of aromatic nitrogens is 3. The van der Waals surface area contributed by atoms with Gasteiger partial charge in [-0.05, 0) is 52.2 Å². The zero-order valence-electron chi connectivity index (χ0n) is 28.7. The van der Waals surface area contributed by atoms with E-state index in [4.69, 9.17) is 9.40 Å². The number of nitrogens with zero attached hydrogens (tertiary/aromatic N) is 3. The average molecular weight is 834 g/mol. The van der Waals surface area contributed by atoms with Gasteiger partial charge in [0.1, 0.15) is 5.58 Å². The van der Waals surface area contributed by atoms with Crippen LogP contribution in [0.4, 0.5) is 0 Å². The summed E-state index contributed by atoms with van der Waals surface area (Å²) in [5.41, 5.74) is 9.11. The quantitative estimate of drug-likeness (QED) is 0.131. The summed E-state index contributed by atoms with van der Waals surface area (Å²) in [5, 5.41) is 3.58. The molecule has 0 bridgehead atoms. The van der Waals surface area contributed by atoms with Crippen LogP contribution in [-0.4, -0.2) is 22.6 Å². The molecular formula is C43H39IrN3OSi-2. The summed E-state index contributed by atoms with van der Waals surface area (Å²) in [5.74, 6) is 0.833. The molecule has 0 atom stereocenters. The smallest absolute Gasteiger partial charge is 0.120 e. The van der Waals surface area contributed by atoms with Crippen molar-refractivity contribution in [2.24, 2.45) is 0 Å². The number of pyridine rings is 1. The summed E-state index contributed by atoms with van der Waals surface area (Å²) in [6.45, 7) is 13.7. The fourth-order valence-corrected chi connectivity index (χ4v) is 7.01. The minimum absolute atomic E-state index is 0. The minimum Gasteiger partial charge on any atom is -0.501 e. The number of fused-ring (bicyclic) bond motifs is 4. The van der Waals surface area contributed by atoms with Gasteiger partial charge in [0.25, 0.3) is 0 Å². The third-order valence-electron chi connectivity index (χ3n) is 8.73. The Kier molecular flexibility index (Phi) is 9.59. The number of benzene rings is 5. The van der Waals surface area contributed by atoms with E-state index >= 15 is 0 Å². The maximum Gasteiger partial charge on any atom is 0.120 e. The molecule has 0 saturated carbocycles.